The largest absolute Gasteiger partial charge is 0.498 e. The minimum atomic E-state index is -1.25. The molecule has 0 aromatic carbocycles. The number of thioether (sulfide) groups is 2. The number of nitrogens with one attached hydrogen (secondary N) is 1. The molecule has 0 saturated carbocycles. The molecule has 0 aromatic rings. The van der Waals surface area contributed by atoms with Crippen LogP contribution >= 0.6 is 23.5 Å². The van der Waals surface area contributed by atoms with Crippen molar-refractivity contribution < 1.29 is 24.2 Å². The van der Waals surface area contributed by atoms with Gasteiger partial charge in [0.05, 0.1) is 18.9 Å². The van der Waals surface area contributed by atoms with Gasteiger partial charge < -0.3 is 15.2 Å². The number of hydrogen-bond donors (Lipinski definition) is 2. The van der Waals surface area contributed by atoms with E-state index in [1.54, 1.807) is 6.26 Å². The third-order valence-electron chi connectivity index (χ3n) is 3.27. The van der Waals surface area contributed by atoms with Gasteiger partial charge in [0.1, 0.15) is 17.2 Å². The molecule has 118 valence electrons. The number of ether oxygens (including phenoxy) is 1. The molecule has 2 aliphatic heterocycles. The second kappa shape index (κ2) is 6.50. The fraction of sp³-hybridized carbons (Fsp3) is 0.500. The predicted octanol–water partition coefficient (Wildman–Crippen LogP) is -0.416. The molecule has 8 nitrogen and oxygen atoms in total. The Hall–Kier alpha value is -1.86. The van der Waals surface area contributed by atoms with Crippen LogP contribution in [-0.2, 0) is 19.1 Å². The van der Waals surface area contributed by atoms with Gasteiger partial charge in [0.25, 0.3) is 5.91 Å². The molecule has 0 spiro atoms. The quantitative estimate of drug-likeness (QED) is 0.646. The van der Waals surface area contributed by atoms with Crippen LogP contribution in [0.1, 0.15) is 0 Å². The zero-order valence-electron chi connectivity index (χ0n) is 11.7. The van der Waals surface area contributed by atoms with E-state index in [9.17, 15) is 19.5 Å². The summed E-state index contributed by atoms with van der Waals surface area (Å²) in [6, 6.07) is 1.01. The van der Waals surface area contributed by atoms with Crippen LogP contribution in [0.5, 0.6) is 0 Å². The molecule has 2 aliphatic rings. The number of carbonyl (C=O) groups excluding carboxylic acids is 2. The highest BCUT2D eigenvalue weighted by atomic mass is 32.2. The lowest BCUT2D eigenvalue weighted by Crippen LogP contribution is -2.71. The van der Waals surface area contributed by atoms with Gasteiger partial charge >= 0.3 is 5.97 Å². The molecule has 0 aromatic heterocycles. The Kier molecular flexibility index (Phi) is 4.87. The van der Waals surface area contributed by atoms with Crippen molar-refractivity contribution in [3.05, 3.63) is 11.5 Å². The van der Waals surface area contributed by atoms with Gasteiger partial charge in [-0.2, -0.15) is 5.26 Å². The third kappa shape index (κ3) is 2.62. The topological polar surface area (TPSA) is 120 Å². The Morgan fingerprint density at radius 2 is 2.32 bits per heavy atom. The van der Waals surface area contributed by atoms with E-state index in [4.69, 9.17) is 10.00 Å². The molecule has 2 amide bonds. The molecule has 1 saturated heterocycles. The second-order valence-corrected chi connectivity index (χ2v) is 6.47. The Bertz CT molecular complexity index is 600. The molecule has 0 bridgehead atoms. The molecule has 22 heavy (non-hydrogen) atoms. The molecule has 2 rings (SSSR count). The molecule has 10 heteroatoms. The van der Waals surface area contributed by atoms with Crippen LogP contribution in [0, 0.1) is 11.3 Å². The molecular formula is C12H13N3O5S2. The maximum absolute atomic E-state index is 12.2. The molecule has 3 atom stereocenters. The van der Waals surface area contributed by atoms with Crippen molar-refractivity contribution >= 4 is 41.3 Å². The van der Waals surface area contributed by atoms with Crippen LogP contribution in [0.3, 0.4) is 0 Å². The van der Waals surface area contributed by atoms with E-state index in [1.165, 1.54) is 18.9 Å². The Balaban J connectivity index is 2.16. The number of hydrogen-bond acceptors (Lipinski definition) is 7. The number of carboxylic acids is 1. The van der Waals surface area contributed by atoms with Gasteiger partial charge in [0, 0.05) is 0 Å². The Labute approximate surface area is 134 Å². The summed E-state index contributed by atoms with van der Waals surface area (Å²) < 4.78 is 5.01. The number of aliphatic carboxylic acids is 1. The summed E-state index contributed by atoms with van der Waals surface area (Å²) in [7, 11) is 1.35. The zero-order valence-corrected chi connectivity index (χ0v) is 13.4. The van der Waals surface area contributed by atoms with E-state index in [0.717, 1.165) is 16.7 Å². The minimum absolute atomic E-state index is 0.191. The monoisotopic (exact) mass is 343 g/mol. The van der Waals surface area contributed by atoms with Crippen LogP contribution < -0.4 is 5.32 Å². The summed E-state index contributed by atoms with van der Waals surface area (Å²) in [4.78, 5) is 36.5. The first-order chi connectivity index (χ1) is 10.5. The third-order valence-corrected chi connectivity index (χ3v) is 5.32. The first-order valence-electron chi connectivity index (χ1n) is 6.14. The van der Waals surface area contributed by atoms with Gasteiger partial charge in [0.2, 0.25) is 5.91 Å². The summed E-state index contributed by atoms with van der Waals surface area (Å²) in [6.45, 7) is 0. The summed E-state index contributed by atoms with van der Waals surface area (Å²) in [5.74, 6) is -1.81. The first-order valence-corrected chi connectivity index (χ1v) is 8.47. The fourth-order valence-electron chi connectivity index (χ4n) is 2.19. The summed E-state index contributed by atoms with van der Waals surface area (Å²) >= 11 is 2.37. The fourth-order valence-corrected chi connectivity index (χ4v) is 3.89. The highest BCUT2D eigenvalue weighted by molar-refractivity contribution is 8.00. The van der Waals surface area contributed by atoms with Crippen molar-refractivity contribution in [2.75, 3.05) is 19.1 Å². The standard InChI is InChI=1S/C12H13N3O5S2/c1-20-5-4-22-11-7(14-9(16)6(3-13)21-2)10(17)15(11)8(5)12(18)19/h6-7,11H,4H2,1-2H3,(H,14,16)(H,18,19)/t6?,7?,11-/m0/s1. The van der Waals surface area contributed by atoms with E-state index < -0.39 is 34.4 Å². The van der Waals surface area contributed by atoms with Gasteiger partial charge in [-0.1, -0.05) is 0 Å². The number of β-lactam (4-membered cyclic amide) rings is 1. The molecular weight excluding hydrogens is 330 g/mol. The Morgan fingerprint density at radius 3 is 2.82 bits per heavy atom. The van der Waals surface area contributed by atoms with Crippen molar-refractivity contribution in [2.45, 2.75) is 16.7 Å². The van der Waals surface area contributed by atoms with Crippen molar-refractivity contribution in [1.82, 2.24) is 10.2 Å². The van der Waals surface area contributed by atoms with Gasteiger partial charge in [-0.15, -0.1) is 23.5 Å². The van der Waals surface area contributed by atoms with E-state index in [0.29, 0.717) is 5.75 Å². The number of rotatable bonds is 5. The number of nitrogens with zero attached hydrogens (tertiary/aromatic N) is 2. The average Bonchev–Trinajstić information content (AvgIpc) is 2.51. The lowest BCUT2D eigenvalue weighted by atomic mass is 10.0. The summed E-state index contributed by atoms with van der Waals surface area (Å²) in [5.41, 5.74) is -0.191. The van der Waals surface area contributed by atoms with Crippen molar-refractivity contribution in [3.8, 4) is 6.07 Å². The van der Waals surface area contributed by atoms with Crippen LogP contribution in [0.2, 0.25) is 0 Å². The minimum Gasteiger partial charge on any atom is -0.498 e. The van der Waals surface area contributed by atoms with Gasteiger partial charge in [-0.05, 0) is 6.26 Å². The Morgan fingerprint density at radius 1 is 1.64 bits per heavy atom. The van der Waals surface area contributed by atoms with E-state index in [1.807, 2.05) is 6.07 Å². The lowest BCUT2D eigenvalue weighted by Gasteiger charge is -2.49. The maximum Gasteiger partial charge on any atom is 0.356 e. The van der Waals surface area contributed by atoms with Crippen molar-refractivity contribution in [2.24, 2.45) is 0 Å². The maximum atomic E-state index is 12.2. The number of nitriles is 1. The van der Waals surface area contributed by atoms with Crippen molar-refractivity contribution in [3.63, 3.8) is 0 Å². The van der Waals surface area contributed by atoms with Crippen LogP contribution in [0.4, 0.5) is 0 Å². The lowest BCUT2D eigenvalue weighted by molar-refractivity contribution is -0.151. The van der Waals surface area contributed by atoms with Crippen LogP contribution in [0.25, 0.3) is 0 Å². The normalized spacial score (nSPS) is 24.8. The number of carboxylic acid groups (broad SMARTS) is 1. The molecule has 2 unspecified atom stereocenters. The van der Waals surface area contributed by atoms with Gasteiger partial charge in [0.15, 0.2) is 10.9 Å². The molecule has 2 heterocycles. The number of carbonyl (C=O) groups is 3. The van der Waals surface area contributed by atoms with Crippen LogP contribution in [-0.4, -0.2) is 63.6 Å². The summed E-state index contributed by atoms with van der Waals surface area (Å²) in [6.07, 6.45) is 1.62. The second-order valence-electron chi connectivity index (χ2n) is 4.42. The highest BCUT2D eigenvalue weighted by Crippen LogP contribution is 2.40. The molecule has 2 N–H and O–H groups in total. The van der Waals surface area contributed by atoms with Crippen LogP contribution in [0.15, 0.2) is 11.5 Å². The molecule has 0 aliphatic carbocycles. The smallest absolute Gasteiger partial charge is 0.356 e. The zero-order chi connectivity index (χ0) is 16.4. The number of fused-ring (bicyclic) bond motifs is 1. The van der Waals surface area contributed by atoms with Gasteiger partial charge in [-0.25, -0.2) is 4.79 Å². The average molecular weight is 343 g/mol. The van der Waals surface area contributed by atoms with Gasteiger partial charge in [-0.3, -0.25) is 14.5 Å². The SMILES string of the molecule is COC1=C(C(=O)O)N2C(=O)C(NC(=O)C(C#N)SC)[C@@H]2SC1. The molecule has 1 fully saturated rings. The van der Waals surface area contributed by atoms with E-state index in [-0.39, 0.29) is 11.5 Å². The highest BCUT2D eigenvalue weighted by Gasteiger charge is 2.55. The first kappa shape index (κ1) is 16.5. The summed E-state index contributed by atoms with van der Waals surface area (Å²) in [5, 5.41) is 19.2. The van der Waals surface area contributed by atoms with E-state index >= 15 is 0 Å². The number of amides is 2. The number of methoxy groups -OCH3 is 1. The molecule has 0 radical (unpaired) electrons. The van der Waals surface area contributed by atoms with Crippen molar-refractivity contribution in [1.29, 1.82) is 5.26 Å². The van der Waals surface area contributed by atoms with E-state index in [2.05, 4.69) is 5.32 Å². The predicted molar refractivity (Wildman–Crippen MR) is 79.6 cm³/mol.